The van der Waals surface area contributed by atoms with Gasteiger partial charge in [0, 0.05) is 16.6 Å². The van der Waals surface area contributed by atoms with E-state index in [-0.39, 0.29) is 23.9 Å². The van der Waals surface area contributed by atoms with Crippen LogP contribution in [-0.2, 0) is 15.1 Å². The summed E-state index contributed by atoms with van der Waals surface area (Å²) in [7, 11) is 0. The fourth-order valence-electron chi connectivity index (χ4n) is 2.59. The van der Waals surface area contributed by atoms with E-state index in [1.54, 1.807) is 0 Å². The van der Waals surface area contributed by atoms with E-state index in [2.05, 4.69) is 31.9 Å². The summed E-state index contributed by atoms with van der Waals surface area (Å²) in [6.07, 6.45) is 2.61. The Labute approximate surface area is 145 Å². The first kappa shape index (κ1) is 17.9. The van der Waals surface area contributed by atoms with Crippen molar-refractivity contribution in [2.45, 2.75) is 44.7 Å². The van der Waals surface area contributed by atoms with Crippen LogP contribution in [0.25, 0.3) is 0 Å². The number of hydrogen-bond donors (Lipinski definition) is 3. The van der Waals surface area contributed by atoms with Gasteiger partial charge in [-0.15, -0.1) is 0 Å². The summed E-state index contributed by atoms with van der Waals surface area (Å²) in [6, 6.07) is 7.59. The van der Waals surface area contributed by atoms with Crippen LogP contribution in [-0.4, -0.2) is 30.9 Å². The third-order valence-electron chi connectivity index (χ3n) is 4.13. The van der Waals surface area contributed by atoms with Crippen molar-refractivity contribution >= 4 is 27.7 Å². The van der Waals surface area contributed by atoms with Gasteiger partial charge < -0.3 is 10.6 Å². The van der Waals surface area contributed by atoms with Crippen LogP contribution in [0.4, 0.5) is 0 Å². The summed E-state index contributed by atoms with van der Waals surface area (Å²) < 4.78 is 1.02. The molecule has 1 aromatic rings. The molecule has 3 N–H and O–H groups in total. The molecule has 0 spiro atoms. The summed E-state index contributed by atoms with van der Waals surface area (Å²) >= 11 is 3.42. The number of benzene rings is 1. The van der Waals surface area contributed by atoms with E-state index >= 15 is 0 Å². The van der Waals surface area contributed by atoms with Crippen molar-refractivity contribution in [1.82, 2.24) is 16.0 Å². The van der Waals surface area contributed by atoms with E-state index < -0.39 is 6.04 Å². The molecule has 2 amide bonds. The maximum Gasteiger partial charge on any atom is 0.242 e. The van der Waals surface area contributed by atoms with Crippen LogP contribution >= 0.6 is 15.9 Å². The maximum atomic E-state index is 12.1. The second-order valence-corrected chi connectivity index (χ2v) is 7.31. The van der Waals surface area contributed by atoms with Gasteiger partial charge in [-0.05, 0) is 50.8 Å². The highest BCUT2D eigenvalue weighted by molar-refractivity contribution is 9.10. The van der Waals surface area contributed by atoms with Gasteiger partial charge in [0.05, 0.1) is 6.54 Å². The number of carbonyl (C=O) groups is 2. The standard InChI is InChI=1S/C17H24BrN3O2/c1-17(2,12-6-8-13(18)9-7-12)20-11-15(22)21-14-5-3-4-10-19-16(14)23/h6-9,14,20H,3-5,10-11H2,1-2H3,(H,19,23)(H,21,22)/t14-/m0/s1. The second kappa shape index (κ2) is 7.93. The zero-order valence-corrected chi connectivity index (χ0v) is 15.2. The lowest BCUT2D eigenvalue weighted by molar-refractivity contribution is -0.128. The Kier molecular flexibility index (Phi) is 6.18. The number of hydrogen-bond acceptors (Lipinski definition) is 3. The molecule has 0 bridgehead atoms. The molecule has 126 valence electrons. The van der Waals surface area contributed by atoms with E-state index in [4.69, 9.17) is 0 Å². The Hall–Kier alpha value is -1.40. The first-order valence-electron chi connectivity index (χ1n) is 7.96. The predicted octanol–water partition coefficient (Wildman–Crippen LogP) is 2.06. The van der Waals surface area contributed by atoms with E-state index in [0.29, 0.717) is 13.0 Å². The molecule has 23 heavy (non-hydrogen) atoms. The summed E-state index contributed by atoms with van der Waals surface area (Å²) in [5.41, 5.74) is 0.768. The normalized spacial score (nSPS) is 18.9. The lowest BCUT2D eigenvalue weighted by atomic mass is 9.94. The molecular weight excluding hydrogens is 358 g/mol. The molecule has 0 unspecified atom stereocenters. The van der Waals surface area contributed by atoms with Crippen LogP contribution in [0.5, 0.6) is 0 Å². The Morgan fingerprint density at radius 1 is 1.30 bits per heavy atom. The topological polar surface area (TPSA) is 70.2 Å². The predicted molar refractivity (Wildman–Crippen MR) is 94.0 cm³/mol. The number of halogens is 1. The number of amides is 2. The van der Waals surface area contributed by atoms with Crippen molar-refractivity contribution in [2.75, 3.05) is 13.1 Å². The minimum Gasteiger partial charge on any atom is -0.354 e. The molecule has 5 nitrogen and oxygen atoms in total. The highest BCUT2D eigenvalue weighted by Gasteiger charge is 2.24. The molecule has 0 aromatic heterocycles. The van der Waals surface area contributed by atoms with Crippen molar-refractivity contribution in [3.63, 3.8) is 0 Å². The van der Waals surface area contributed by atoms with Crippen LogP contribution < -0.4 is 16.0 Å². The van der Waals surface area contributed by atoms with Crippen molar-refractivity contribution in [3.8, 4) is 0 Å². The first-order valence-corrected chi connectivity index (χ1v) is 8.76. The molecule has 2 rings (SSSR count). The number of rotatable bonds is 5. The summed E-state index contributed by atoms with van der Waals surface area (Å²) in [5.74, 6) is -0.236. The molecule has 1 fully saturated rings. The average molecular weight is 382 g/mol. The summed E-state index contributed by atoms with van der Waals surface area (Å²) in [6.45, 7) is 4.93. The first-order chi connectivity index (χ1) is 10.9. The average Bonchev–Trinajstić information content (AvgIpc) is 2.71. The van der Waals surface area contributed by atoms with Gasteiger partial charge >= 0.3 is 0 Å². The third kappa shape index (κ3) is 5.32. The number of carbonyl (C=O) groups excluding carboxylic acids is 2. The van der Waals surface area contributed by atoms with Gasteiger partial charge in [0.1, 0.15) is 6.04 Å². The Morgan fingerprint density at radius 2 is 2.00 bits per heavy atom. The monoisotopic (exact) mass is 381 g/mol. The van der Waals surface area contributed by atoms with Crippen LogP contribution in [0.15, 0.2) is 28.7 Å². The van der Waals surface area contributed by atoms with Crippen molar-refractivity contribution in [1.29, 1.82) is 0 Å². The van der Waals surface area contributed by atoms with Crippen LogP contribution in [0.3, 0.4) is 0 Å². The van der Waals surface area contributed by atoms with Gasteiger partial charge in [-0.2, -0.15) is 0 Å². The van der Waals surface area contributed by atoms with Gasteiger partial charge in [-0.1, -0.05) is 28.1 Å². The smallest absolute Gasteiger partial charge is 0.242 e. The van der Waals surface area contributed by atoms with E-state index in [0.717, 1.165) is 22.9 Å². The van der Waals surface area contributed by atoms with Crippen LogP contribution in [0.1, 0.15) is 38.7 Å². The number of nitrogens with one attached hydrogen (secondary N) is 3. The molecule has 6 heteroatoms. The van der Waals surface area contributed by atoms with Crippen molar-refractivity contribution in [3.05, 3.63) is 34.3 Å². The van der Waals surface area contributed by atoms with Gasteiger partial charge in [0.25, 0.3) is 0 Å². The van der Waals surface area contributed by atoms with Crippen LogP contribution in [0, 0.1) is 0 Å². The lowest BCUT2D eigenvalue weighted by Crippen LogP contribution is -2.50. The fraction of sp³-hybridized carbons (Fsp3) is 0.529. The summed E-state index contributed by atoms with van der Waals surface area (Å²) in [4.78, 5) is 24.0. The highest BCUT2D eigenvalue weighted by atomic mass is 79.9. The van der Waals surface area contributed by atoms with Gasteiger partial charge in [0.15, 0.2) is 0 Å². The van der Waals surface area contributed by atoms with Crippen LogP contribution in [0.2, 0.25) is 0 Å². The van der Waals surface area contributed by atoms with E-state index in [1.807, 2.05) is 38.1 Å². The SMILES string of the molecule is CC(C)(NCC(=O)N[C@H]1CCCCNC1=O)c1ccc(Br)cc1. The molecule has 1 aromatic carbocycles. The highest BCUT2D eigenvalue weighted by Crippen LogP contribution is 2.21. The Morgan fingerprint density at radius 3 is 2.70 bits per heavy atom. The molecule has 1 aliphatic rings. The zero-order chi connectivity index (χ0) is 16.9. The molecule has 0 aliphatic carbocycles. The van der Waals surface area contributed by atoms with Crippen molar-refractivity contribution < 1.29 is 9.59 Å². The van der Waals surface area contributed by atoms with Gasteiger partial charge in [-0.25, -0.2) is 0 Å². The van der Waals surface area contributed by atoms with Crippen molar-refractivity contribution in [2.24, 2.45) is 0 Å². The second-order valence-electron chi connectivity index (χ2n) is 6.39. The fourth-order valence-corrected chi connectivity index (χ4v) is 2.86. The molecule has 1 heterocycles. The summed E-state index contributed by atoms with van der Waals surface area (Å²) in [5, 5.41) is 8.90. The third-order valence-corrected chi connectivity index (χ3v) is 4.66. The maximum absolute atomic E-state index is 12.1. The van der Waals surface area contributed by atoms with Gasteiger partial charge in [-0.3, -0.25) is 14.9 Å². The largest absolute Gasteiger partial charge is 0.354 e. The minimum absolute atomic E-state index is 0.0805. The molecule has 0 saturated carbocycles. The molecule has 0 radical (unpaired) electrons. The molecule has 1 atom stereocenters. The zero-order valence-electron chi connectivity index (χ0n) is 13.6. The lowest BCUT2D eigenvalue weighted by Gasteiger charge is -2.27. The van der Waals surface area contributed by atoms with E-state index in [9.17, 15) is 9.59 Å². The molecular formula is C17H24BrN3O2. The minimum atomic E-state index is -0.414. The van der Waals surface area contributed by atoms with Gasteiger partial charge in [0.2, 0.25) is 11.8 Å². The van der Waals surface area contributed by atoms with E-state index in [1.165, 1.54) is 0 Å². The Balaban J connectivity index is 1.87. The molecule has 1 aliphatic heterocycles. The quantitative estimate of drug-likeness (QED) is 0.730. The Bertz CT molecular complexity index is 557. The molecule has 1 saturated heterocycles.